The van der Waals surface area contributed by atoms with Crippen molar-refractivity contribution in [3.8, 4) is 0 Å². The summed E-state index contributed by atoms with van der Waals surface area (Å²) >= 11 is 9.55. The van der Waals surface area contributed by atoms with Crippen LogP contribution in [-0.2, 0) is 12.4 Å². The van der Waals surface area contributed by atoms with Crippen LogP contribution in [0.5, 0.6) is 0 Å². The molecule has 0 unspecified atom stereocenters. The second-order valence-corrected chi connectivity index (χ2v) is 6.99. The number of aromatic nitrogens is 3. The molecule has 2 heterocycles. The first-order chi connectivity index (χ1) is 9.67. The Morgan fingerprint density at radius 3 is 2.80 bits per heavy atom. The first-order valence-corrected chi connectivity index (χ1v) is 8.57. The van der Waals surface area contributed by atoms with E-state index >= 15 is 0 Å². The van der Waals surface area contributed by atoms with Crippen molar-refractivity contribution in [1.29, 1.82) is 0 Å². The van der Waals surface area contributed by atoms with Gasteiger partial charge < -0.3 is 4.57 Å². The molecule has 0 aromatic carbocycles. The Kier molecular flexibility index (Phi) is 4.04. The molecule has 20 heavy (non-hydrogen) atoms. The Morgan fingerprint density at radius 1 is 1.40 bits per heavy atom. The van der Waals surface area contributed by atoms with Crippen LogP contribution in [0.3, 0.4) is 0 Å². The van der Waals surface area contributed by atoms with Gasteiger partial charge in [0.25, 0.3) is 0 Å². The number of alkyl halides is 1. The van der Waals surface area contributed by atoms with E-state index in [9.17, 15) is 0 Å². The average molecular weight is 357 g/mol. The summed E-state index contributed by atoms with van der Waals surface area (Å²) in [6, 6.07) is 2.02. The highest BCUT2D eigenvalue weighted by Crippen LogP contribution is 2.43. The normalized spacial score (nSPS) is 17.9. The summed E-state index contributed by atoms with van der Waals surface area (Å²) in [7, 11) is 0. The van der Waals surface area contributed by atoms with Crippen LogP contribution >= 0.6 is 27.5 Å². The van der Waals surface area contributed by atoms with E-state index in [4.69, 9.17) is 11.6 Å². The second-order valence-electron chi connectivity index (χ2n) is 5.80. The standard InChI is InChI=1S/C15H19BrClN3/c1-2-15(5-3-4-6-15)10-20-13(8-17)19-12-7-11(16)9-18-14(12)20/h7,9H,2-6,8,10H2,1H3. The minimum atomic E-state index is 0.406. The molecule has 108 valence electrons. The molecule has 0 atom stereocenters. The van der Waals surface area contributed by atoms with E-state index in [0.717, 1.165) is 28.0 Å². The molecule has 1 aliphatic carbocycles. The van der Waals surface area contributed by atoms with Crippen LogP contribution in [0.1, 0.15) is 44.9 Å². The van der Waals surface area contributed by atoms with Gasteiger partial charge in [-0.1, -0.05) is 19.8 Å². The van der Waals surface area contributed by atoms with E-state index in [1.165, 1.54) is 32.1 Å². The molecular formula is C15H19BrClN3. The molecule has 3 rings (SSSR count). The maximum atomic E-state index is 6.09. The maximum Gasteiger partial charge on any atom is 0.160 e. The fourth-order valence-corrected chi connectivity index (χ4v) is 3.91. The summed E-state index contributed by atoms with van der Waals surface area (Å²) in [5.74, 6) is 1.38. The molecule has 5 heteroatoms. The third-order valence-electron chi connectivity index (χ3n) is 4.66. The number of fused-ring (bicyclic) bond motifs is 1. The molecule has 1 saturated carbocycles. The first kappa shape index (κ1) is 14.3. The quantitative estimate of drug-likeness (QED) is 0.729. The number of imidazole rings is 1. The van der Waals surface area contributed by atoms with Crippen LogP contribution < -0.4 is 0 Å². The molecule has 2 aromatic rings. The SMILES string of the molecule is CCC1(Cn2c(CCl)nc3cc(Br)cnc32)CCCC1. The summed E-state index contributed by atoms with van der Waals surface area (Å²) in [5.41, 5.74) is 2.30. The lowest BCUT2D eigenvalue weighted by Crippen LogP contribution is -2.24. The van der Waals surface area contributed by atoms with Crippen molar-refractivity contribution in [2.24, 2.45) is 5.41 Å². The van der Waals surface area contributed by atoms with Crippen LogP contribution in [0.15, 0.2) is 16.7 Å². The minimum Gasteiger partial charge on any atom is -0.311 e. The number of pyridine rings is 1. The molecule has 3 nitrogen and oxygen atoms in total. The third-order valence-corrected chi connectivity index (χ3v) is 5.33. The van der Waals surface area contributed by atoms with Crippen molar-refractivity contribution in [1.82, 2.24) is 14.5 Å². The first-order valence-electron chi connectivity index (χ1n) is 7.24. The highest BCUT2D eigenvalue weighted by molar-refractivity contribution is 9.10. The zero-order chi connectivity index (χ0) is 14.2. The maximum absolute atomic E-state index is 6.09. The van der Waals surface area contributed by atoms with E-state index < -0.39 is 0 Å². The van der Waals surface area contributed by atoms with E-state index in [2.05, 4.69) is 37.4 Å². The number of nitrogens with zero attached hydrogens (tertiary/aromatic N) is 3. The third kappa shape index (κ3) is 2.48. The van der Waals surface area contributed by atoms with Crippen molar-refractivity contribution in [2.75, 3.05) is 0 Å². The van der Waals surface area contributed by atoms with E-state index in [1.54, 1.807) is 0 Å². The van der Waals surface area contributed by atoms with Crippen LogP contribution in [0.4, 0.5) is 0 Å². The molecule has 1 aliphatic rings. The van der Waals surface area contributed by atoms with Gasteiger partial charge in [-0.05, 0) is 46.7 Å². The van der Waals surface area contributed by atoms with Gasteiger partial charge in [0.15, 0.2) is 5.65 Å². The fourth-order valence-electron chi connectivity index (χ4n) is 3.39. The summed E-state index contributed by atoms with van der Waals surface area (Å²) in [4.78, 5) is 9.19. The van der Waals surface area contributed by atoms with Gasteiger partial charge >= 0.3 is 0 Å². The van der Waals surface area contributed by atoms with Gasteiger partial charge in [-0.15, -0.1) is 11.6 Å². The van der Waals surface area contributed by atoms with Crippen molar-refractivity contribution < 1.29 is 0 Å². The van der Waals surface area contributed by atoms with Crippen LogP contribution in [0, 0.1) is 5.41 Å². The fraction of sp³-hybridized carbons (Fsp3) is 0.600. The molecular weight excluding hydrogens is 338 g/mol. The molecule has 0 spiro atoms. The van der Waals surface area contributed by atoms with Crippen molar-refractivity contribution in [2.45, 2.75) is 51.5 Å². The smallest absolute Gasteiger partial charge is 0.160 e. The predicted octanol–water partition coefficient (Wildman–Crippen LogP) is 4.90. The van der Waals surface area contributed by atoms with Gasteiger partial charge in [-0.3, -0.25) is 0 Å². The Bertz CT molecular complexity index is 617. The Morgan fingerprint density at radius 2 is 2.15 bits per heavy atom. The molecule has 0 radical (unpaired) electrons. The average Bonchev–Trinajstić information content (AvgIpc) is 3.04. The Labute approximate surface area is 132 Å². The molecule has 0 N–H and O–H groups in total. The minimum absolute atomic E-state index is 0.406. The van der Waals surface area contributed by atoms with Crippen LogP contribution in [0.25, 0.3) is 11.2 Å². The molecule has 0 aliphatic heterocycles. The number of rotatable bonds is 4. The van der Waals surface area contributed by atoms with Gasteiger partial charge in [-0.2, -0.15) is 0 Å². The lowest BCUT2D eigenvalue weighted by Gasteiger charge is -2.28. The number of halogens is 2. The lowest BCUT2D eigenvalue weighted by molar-refractivity contribution is 0.238. The zero-order valence-electron chi connectivity index (χ0n) is 11.7. The van der Waals surface area contributed by atoms with Crippen molar-refractivity contribution in [3.63, 3.8) is 0 Å². The van der Waals surface area contributed by atoms with Crippen molar-refractivity contribution in [3.05, 3.63) is 22.6 Å². The second kappa shape index (κ2) is 5.64. The Hall–Kier alpha value is -0.610. The Balaban J connectivity index is 2.05. The molecule has 2 aromatic heterocycles. The van der Waals surface area contributed by atoms with E-state index in [-0.39, 0.29) is 0 Å². The zero-order valence-corrected chi connectivity index (χ0v) is 14.0. The van der Waals surface area contributed by atoms with E-state index in [0.29, 0.717) is 11.3 Å². The van der Waals surface area contributed by atoms with Crippen LogP contribution in [-0.4, -0.2) is 14.5 Å². The highest BCUT2D eigenvalue weighted by Gasteiger charge is 2.33. The summed E-state index contributed by atoms with van der Waals surface area (Å²) in [6.45, 7) is 3.30. The van der Waals surface area contributed by atoms with Crippen LogP contribution in [0.2, 0.25) is 0 Å². The van der Waals surface area contributed by atoms with Gasteiger partial charge in [0.2, 0.25) is 0 Å². The number of hydrogen-bond donors (Lipinski definition) is 0. The van der Waals surface area contributed by atoms with Gasteiger partial charge in [0.1, 0.15) is 11.3 Å². The summed E-state index contributed by atoms with van der Waals surface area (Å²) < 4.78 is 3.20. The molecule has 0 amide bonds. The summed E-state index contributed by atoms with van der Waals surface area (Å²) in [5, 5.41) is 0. The molecule has 1 fully saturated rings. The van der Waals surface area contributed by atoms with Gasteiger partial charge in [-0.25, -0.2) is 9.97 Å². The topological polar surface area (TPSA) is 30.7 Å². The number of hydrogen-bond acceptors (Lipinski definition) is 2. The molecule has 0 bridgehead atoms. The lowest BCUT2D eigenvalue weighted by atomic mass is 9.83. The summed E-state index contributed by atoms with van der Waals surface area (Å²) in [6.07, 6.45) is 8.35. The monoisotopic (exact) mass is 355 g/mol. The largest absolute Gasteiger partial charge is 0.311 e. The van der Waals surface area contributed by atoms with Gasteiger partial charge in [0, 0.05) is 17.2 Å². The highest BCUT2D eigenvalue weighted by atomic mass is 79.9. The predicted molar refractivity (Wildman–Crippen MR) is 86.0 cm³/mol. The van der Waals surface area contributed by atoms with E-state index in [1.807, 2.05) is 12.3 Å². The van der Waals surface area contributed by atoms with Gasteiger partial charge in [0.05, 0.1) is 5.88 Å². The molecule has 0 saturated heterocycles. The van der Waals surface area contributed by atoms with Crippen molar-refractivity contribution >= 4 is 38.7 Å².